The quantitative estimate of drug-likeness (QED) is 0.279. The number of benzene rings is 1. The Morgan fingerprint density at radius 3 is 2.43 bits per heavy atom. The first-order valence-corrected chi connectivity index (χ1v) is 12.6. The van der Waals surface area contributed by atoms with Gasteiger partial charge in [0, 0.05) is 60.3 Å². The number of halogens is 3. The molecular weight excluding hydrogens is 557 g/mol. The Morgan fingerprint density at radius 1 is 1.07 bits per heavy atom. The van der Waals surface area contributed by atoms with Crippen LogP contribution in [0.3, 0.4) is 0 Å². The molecule has 0 unspecified atom stereocenters. The molecule has 5 aromatic rings. The highest BCUT2D eigenvalue weighted by molar-refractivity contribution is 6.00. The summed E-state index contributed by atoms with van der Waals surface area (Å²) in [5, 5.41) is 18.3. The van der Waals surface area contributed by atoms with Crippen molar-refractivity contribution in [2.24, 2.45) is 0 Å². The molecule has 0 spiro atoms. The zero-order valence-corrected chi connectivity index (χ0v) is 23.1. The first-order chi connectivity index (χ1) is 19.7. The van der Waals surface area contributed by atoms with E-state index in [0.29, 0.717) is 50.6 Å². The molecule has 1 aromatic carbocycles. The minimum Gasteiger partial charge on any atom is -0.478 e. The Kier molecular flexibility index (Phi) is 7.00. The number of ether oxygens (including phenoxy) is 1. The molecule has 0 fully saturated rings. The van der Waals surface area contributed by atoms with Crippen molar-refractivity contribution < 1.29 is 37.1 Å². The monoisotopic (exact) mass is 582 g/mol. The second-order valence-corrected chi connectivity index (χ2v) is 9.86. The number of alkyl halides is 3. The predicted octanol–water partition coefficient (Wildman–Crippen LogP) is 5.15. The minimum absolute atomic E-state index is 0.00776. The van der Waals surface area contributed by atoms with Crippen molar-refractivity contribution in [1.29, 1.82) is 0 Å². The van der Waals surface area contributed by atoms with Crippen LogP contribution in [0, 0.1) is 20.8 Å². The number of carbonyl (C=O) groups is 2. The van der Waals surface area contributed by atoms with Crippen LogP contribution in [0.2, 0.25) is 0 Å². The second kappa shape index (κ2) is 10.4. The van der Waals surface area contributed by atoms with Gasteiger partial charge in [-0.1, -0.05) is 5.16 Å². The molecule has 42 heavy (non-hydrogen) atoms. The summed E-state index contributed by atoms with van der Waals surface area (Å²) < 4.78 is 53.1. The maximum atomic E-state index is 13.5. The molecule has 11 nitrogen and oxygen atoms in total. The number of aryl methyl sites for hydroxylation is 3. The van der Waals surface area contributed by atoms with Crippen LogP contribution in [0.5, 0.6) is 5.75 Å². The average Bonchev–Trinajstić information content (AvgIpc) is 3.56. The first-order valence-electron chi connectivity index (χ1n) is 12.6. The van der Waals surface area contributed by atoms with Gasteiger partial charge in [-0.25, -0.2) is 9.78 Å². The van der Waals surface area contributed by atoms with Crippen molar-refractivity contribution in [2.75, 3.05) is 14.1 Å². The summed E-state index contributed by atoms with van der Waals surface area (Å²) in [6.07, 6.45) is -0.257. The highest BCUT2D eigenvalue weighted by Gasteiger charge is 2.33. The Labute approximate surface area is 236 Å². The number of pyridine rings is 1. The van der Waals surface area contributed by atoms with E-state index in [-0.39, 0.29) is 23.6 Å². The van der Waals surface area contributed by atoms with Gasteiger partial charge in [0.05, 0.1) is 22.6 Å². The average molecular weight is 583 g/mol. The van der Waals surface area contributed by atoms with E-state index < -0.39 is 18.1 Å². The predicted molar refractivity (Wildman–Crippen MR) is 144 cm³/mol. The van der Waals surface area contributed by atoms with Gasteiger partial charge in [0.15, 0.2) is 0 Å². The van der Waals surface area contributed by atoms with Crippen molar-refractivity contribution in [1.82, 2.24) is 29.4 Å². The van der Waals surface area contributed by atoms with Gasteiger partial charge in [-0.3, -0.25) is 14.0 Å². The number of rotatable bonds is 7. The van der Waals surface area contributed by atoms with Crippen LogP contribution in [0.4, 0.5) is 13.2 Å². The van der Waals surface area contributed by atoms with Crippen molar-refractivity contribution >= 4 is 22.9 Å². The van der Waals surface area contributed by atoms with E-state index in [2.05, 4.69) is 20.0 Å². The topological polar surface area (TPSA) is 129 Å². The summed E-state index contributed by atoms with van der Waals surface area (Å²) in [5.41, 5.74) is 3.26. The molecule has 1 N–H and O–H groups in total. The number of hydrogen-bond donors (Lipinski definition) is 1. The molecule has 0 aliphatic rings. The number of likely N-dealkylation sites (N-methyl/N-ethyl adjacent to an activating group) is 1. The lowest BCUT2D eigenvalue weighted by atomic mass is 10.00. The summed E-state index contributed by atoms with van der Waals surface area (Å²) in [6, 6.07) is 5.04. The molecule has 0 saturated heterocycles. The molecule has 0 saturated carbocycles. The van der Waals surface area contributed by atoms with Gasteiger partial charge in [0.2, 0.25) is 5.91 Å². The fourth-order valence-electron chi connectivity index (χ4n) is 4.73. The van der Waals surface area contributed by atoms with Crippen LogP contribution < -0.4 is 4.74 Å². The van der Waals surface area contributed by atoms with Gasteiger partial charge in [0.1, 0.15) is 23.7 Å². The normalized spacial score (nSPS) is 11.7. The number of hydrogen-bond acceptors (Lipinski definition) is 7. The molecule has 0 atom stereocenters. The summed E-state index contributed by atoms with van der Waals surface area (Å²) in [7, 11) is 3.25. The Balaban J connectivity index is 1.77. The maximum absolute atomic E-state index is 13.5. The van der Waals surface area contributed by atoms with Crippen molar-refractivity contribution in [3.8, 4) is 33.7 Å². The third kappa shape index (κ3) is 5.30. The summed E-state index contributed by atoms with van der Waals surface area (Å²) in [4.78, 5) is 29.9. The van der Waals surface area contributed by atoms with Gasteiger partial charge < -0.3 is 19.3 Å². The zero-order valence-electron chi connectivity index (χ0n) is 23.1. The fourth-order valence-corrected chi connectivity index (χ4v) is 4.73. The van der Waals surface area contributed by atoms with Crippen LogP contribution in [-0.2, 0) is 11.3 Å². The van der Waals surface area contributed by atoms with Gasteiger partial charge in [-0.05, 0) is 45.0 Å². The summed E-state index contributed by atoms with van der Waals surface area (Å²) >= 11 is 0. The highest BCUT2D eigenvalue weighted by Crippen LogP contribution is 2.41. The number of amides is 1. The van der Waals surface area contributed by atoms with E-state index in [1.807, 2.05) is 0 Å². The molecule has 218 valence electrons. The highest BCUT2D eigenvalue weighted by atomic mass is 19.4. The number of carboxylic acid groups (broad SMARTS) is 1. The lowest BCUT2D eigenvalue weighted by Crippen LogP contribution is -2.26. The zero-order chi connectivity index (χ0) is 30.5. The molecule has 0 radical (unpaired) electrons. The Hall–Kier alpha value is -5.14. The largest absolute Gasteiger partial charge is 0.573 e. The molecule has 0 bridgehead atoms. The van der Waals surface area contributed by atoms with E-state index in [9.17, 15) is 27.9 Å². The Morgan fingerprint density at radius 2 is 1.81 bits per heavy atom. The molecule has 4 heterocycles. The summed E-state index contributed by atoms with van der Waals surface area (Å²) in [5.74, 6) is -1.75. The molecule has 0 aliphatic carbocycles. The van der Waals surface area contributed by atoms with Gasteiger partial charge in [0.25, 0.3) is 0 Å². The van der Waals surface area contributed by atoms with E-state index >= 15 is 0 Å². The van der Waals surface area contributed by atoms with E-state index in [4.69, 9.17) is 4.52 Å². The number of fused-ring (bicyclic) bond motifs is 1. The second-order valence-electron chi connectivity index (χ2n) is 9.86. The third-order valence-electron chi connectivity index (χ3n) is 6.69. The Bertz CT molecular complexity index is 1830. The molecule has 4 aromatic heterocycles. The lowest BCUT2D eigenvalue weighted by Gasteiger charge is -2.14. The fraction of sp³-hybridized carbons (Fsp3) is 0.250. The van der Waals surface area contributed by atoms with Crippen LogP contribution in [-0.4, -0.2) is 66.8 Å². The van der Waals surface area contributed by atoms with Gasteiger partial charge >= 0.3 is 12.3 Å². The lowest BCUT2D eigenvalue weighted by molar-refractivity contribution is -0.274. The maximum Gasteiger partial charge on any atom is 0.573 e. The van der Waals surface area contributed by atoms with Crippen molar-refractivity contribution in [3.63, 3.8) is 0 Å². The number of aromatic carboxylic acids is 1. The number of aromatic nitrogens is 5. The van der Waals surface area contributed by atoms with Crippen molar-refractivity contribution in [3.05, 3.63) is 65.6 Å². The number of nitrogens with zero attached hydrogens (tertiary/aromatic N) is 6. The smallest absolute Gasteiger partial charge is 0.478 e. The standard InChI is InChI=1S/C28H25F3N6O5/c1-14-22(12-36(33-14)13-24(38)35(4)5)37-11-21(19-7-6-17(27(39)40)9-23(19)41-28(29,30)31)20-8-18(10-32-26(20)37)25-15(2)34-42-16(25)3/h6-12H,13H2,1-5H3,(H,39,40). The number of carbonyl (C=O) groups excluding carboxylic acids is 1. The molecule has 5 rings (SSSR count). The van der Waals surface area contributed by atoms with Crippen molar-refractivity contribution in [2.45, 2.75) is 33.7 Å². The molecule has 14 heteroatoms. The summed E-state index contributed by atoms with van der Waals surface area (Å²) in [6.45, 7) is 5.20. The van der Waals surface area contributed by atoms with Gasteiger partial charge in [-0.2, -0.15) is 5.10 Å². The molecular formula is C28H25F3N6O5. The first kappa shape index (κ1) is 28.4. The number of carboxylic acids is 1. The van der Waals surface area contributed by atoms with E-state index in [1.165, 1.54) is 21.7 Å². The third-order valence-corrected chi connectivity index (χ3v) is 6.69. The molecule has 1 amide bonds. The van der Waals surface area contributed by atoms with Crippen LogP contribution >= 0.6 is 0 Å². The van der Waals surface area contributed by atoms with E-state index in [1.54, 1.807) is 64.1 Å². The van der Waals surface area contributed by atoms with Crippen LogP contribution in [0.1, 0.15) is 27.5 Å². The molecule has 0 aliphatic heterocycles. The minimum atomic E-state index is -5.08. The van der Waals surface area contributed by atoms with E-state index in [0.717, 1.165) is 6.07 Å². The van der Waals surface area contributed by atoms with Gasteiger partial charge in [-0.15, -0.1) is 13.2 Å². The SMILES string of the molecule is Cc1nn(CC(=O)N(C)C)cc1-n1cc(-c2ccc(C(=O)O)cc2OC(F)(F)F)c2cc(-c3c(C)noc3C)cnc21. The van der Waals surface area contributed by atoms with Crippen LogP contribution in [0.25, 0.3) is 39.0 Å². The van der Waals surface area contributed by atoms with Crippen LogP contribution in [0.15, 0.2) is 47.4 Å².